The molecule has 1 saturated carbocycles. The summed E-state index contributed by atoms with van der Waals surface area (Å²) in [5.41, 5.74) is 0.911. The van der Waals surface area contributed by atoms with Gasteiger partial charge in [-0.2, -0.15) is 0 Å². The maximum atomic E-state index is 6.05. The van der Waals surface area contributed by atoms with Gasteiger partial charge in [0.05, 0.1) is 11.6 Å². The number of benzene rings is 1. The number of nitrogens with one attached hydrogen (secondary N) is 1. The van der Waals surface area contributed by atoms with Crippen LogP contribution in [0.2, 0.25) is 5.15 Å². The molecule has 6 heteroatoms. The van der Waals surface area contributed by atoms with Crippen LogP contribution < -0.4 is 10.1 Å². The molecular weight excluding hydrogens is 342 g/mol. The van der Waals surface area contributed by atoms with E-state index in [1.807, 2.05) is 18.2 Å². The Kier molecular flexibility index (Phi) is 3.81. The summed E-state index contributed by atoms with van der Waals surface area (Å²) in [5, 5.41) is 3.71. The fourth-order valence-electron chi connectivity index (χ4n) is 1.92. The Labute approximate surface area is 130 Å². The minimum atomic E-state index is 0.469. The number of nitrogens with zero attached hydrogens (tertiary/aromatic N) is 2. The summed E-state index contributed by atoms with van der Waals surface area (Å²) in [5.74, 6) is 2.79. The van der Waals surface area contributed by atoms with Gasteiger partial charge >= 0.3 is 0 Å². The molecule has 1 fully saturated rings. The molecule has 0 amide bonds. The highest BCUT2D eigenvalue weighted by Gasteiger charge is 2.27. The molecule has 0 spiro atoms. The zero-order valence-electron chi connectivity index (χ0n) is 10.9. The Balaban J connectivity index is 1.85. The van der Waals surface area contributed by atoms with Crippen molar-refractivity contribution >= 4 is 39.0 Å². The van der Waals surface area contributed by atoms with E-state index in [2.05, 4.69) is 31.2 Å². The van der Waals surface area contributed by atoms with Gasteiger partial charge in [-0.25, -0.2) is 9.97 Å². The molecule has 4 nitrogen and oxygen atoms in total. The zero-order valence-corrected chi connectivity index (χ0v) is 13.2. The third-order valence-electron chi connectivity index (χ3n) is 3.08. The molecule has 0 bridgehead atoms. The van der Waals surface area contributed by atoms with Crippen molar-refractivity contribution in [3.63, 3.8) is 0 Å². The van der Waals surface area contributed by atoms with E-state index in [0.29, 0.717) is 16.9 Å². The first kappa shape index (κ1) is 13.6. The topological polar surface area (TPSA) is 47.0 Å². The number of anilines is 2. The number of rotatable bonds is 4. The molecule has 1 aliphatic rings. The van der Waals surface area contributed by atoms with Crippen molar-refractivity contribution in [2.75, 3.05) is 12.4 Å². The molecule has 1 N–H and O–H groups in total. The summed E-state index contributed by atoms with van der Waals surface area (Å²) in [4.78, 5) is 8.78. The largest absolute Gasteiger partial charge is 0.496 e. The molecule has 0 unspecified atom stereocenters. The van der Waals surface area contributed by atoms with E-state index in [9.17, 15) is 0 Å². The van der Waals surface area contributed by atoms with Gasteiger partial charge in [0.15, 0.2) is 0 Å². The predicted molar refractivity (Wildman–Crippen MR) is 83.0 cm³/mol. The summed E-state index contributed by atoms with van der Waals surface area (Å²) in [6.07, 6.45) is 2.29. The minimum Gasteiger partial charge on any atom is -0.496 e. The Morgan fingerprint density at radius 2 is 2.10 bits per heavy atom. The second kappa shape index (κ2) is 5.58. The third kappa shape index (κ3) is 3.04. The Hall–Kier alpha value is -1.33. The molecule has 1 aromatic heterocycles. The molecule has 1 aliphatic carbocycles. The average Bonchev–Trinajstić information content (AvgIpc) is 3.22. The maximum absolute atomic E-state index is 6.05. The van der Waals surface area contributed by atoms with E-state index < -0.39 is 0 Å². The van der Waals surface area contributed by atoms with Crippen LogP contribution in [0.15, 0.2) is 28.7 Å². The number of aromatic nitrogens is 2. The monoisotopic (exact) mass is 353 g/mol. The summed E-state index contributed by atoms with van der Waals surface area (Å²) < 4.78 is 6.09. The molecule has 0 saturated heterocycles. The van der Waals surface area contributed by atoms with Crippen LogP contribution in [0, 0.1) is 0 Å². The van der Waals surface area contributed by atoms with Crippen molar-refractivity contribution in [3.05, 3.63) is 39.7 Å². The van der Waals surface area contributed by atoms with Gasteiger partial charge in [0.1, 0.15) is 22.5 Å². The van der Waals surface area contributed by atoms with Crippen molar-refractivity contribution in [1.82, 2.24) is 9.97 Å². The SMILES string of the molecule is COc1ccc(Nc2cc(Cl)nc(C3CC3)n2)cc1Br. The standard InChI is InChI=1S/C14H13BrClN3O/c1-20-11-5-4-9(6-10(11)15)17-13-7-12(16)18-14(19-13)8-2-3-8/h4-8H,2-3H2,1H3,(H,17,18,19). The van der Waals surface area contributed by atoms with Crippen LogP contribution >= 0.6 is 27.5 Å². The molecule has 0 atom stereocenters. The van der Waals surface area contributed by atoms with Gasteiger partial charge in [-0.3, -0.25) is 0 Å². The zero-order chi connectivity index (χ0) is 14.1. The van der Waals surface area contributed by atoms with Crippen molar-refractivity contribution < 1.29 is 4.74 Å². The van der Waals surface area contributed by atoms with E-state index in [0.717, 1.165) is 34.6 Å². The smallest absolute Gasteiger partial charge is 0.135 e. The van der Waals surface area contributed by atoms with Crippen molar-refractivity contribution in [1.29, 1.82) is 0 Å². The van der Waals surface area contributed by atoms with E-state index in [-0.39, 0.29) is 0 Å². The first-order chi connectivity index (χ1) is 9.65. The number of ether oxygens (including phenoxy) is 1. The Bertz CT molecular complexity index is 646. The molecule has 20 heavy (non-hydrogen) atoms. The number of hydrogen-bond donors (Lipinski definition) is 1. The van der Waals surface area contributed by atoms with E-state index in [1.165, 1.54) is 0 Å². The van der Waals surface area contributed by atoms with Gasteiger partial charge in [-0.05, 0) is 47.0 Å². The van der Waals surface area contributed by atoms with Crippen molar-refractivity contribution in [2.24, 2.45) is 0 Å². The average molecular weight is 355 g/mol. The molecule has 0 radical (unpaired) electrons. The first-order valence-corrected chi connectivity index (χ1v) is 7.48. The van der Waals surface area contributed by atoms with Crippen LogP contribution in [0.4, 0.5) is 11.5 Å². The highest BCUT2D eigenvalue weighted by atomic mass is 79.9. The second-order valence-corrected chi connectivity index (χ2v) is 5.92. The van der Waals surface area contributed by atoms with Gasteiger partial charge in [-0.1, -0.05) is 11.6 Å². The molecule has 0 aliphatic heterocycles. The van der Waals surface area contributed by atoms with Gasteiger partial charge in [0, 0.05) is 17.7 Å². The van der Waals surface area contributed by atoms with Gasteiger partial charge in [0.2, 0.25) is 0 Å². The van der Waals surface area contributed by atoms with Crippen LogP contribution in [0.25, 0.3) is 0 Å². The van der Waals surface area contributed by atoms with Crippen LogP contribution in [-0.4, -0.2) is 17.1 Å². The molecule has 1 aromatic carbocycles. The van der Waals surface area contributed by atoms with Crippen LogP contribution in [0.1, 0.15) is 24.6 Å². The van der Waals surface area contributed by atoms with Crippen LogP contribution in [0.5, 0.6) is 5.75 Å². The fourth-order valence-corrected chi connectivity index (χ4v) is 2.65. The molecule has 1 heterocycles. The van der Waals surface area contributed by atoms with Gasteiger partial charge in [0.25, 0.3) is 0 Å². The van der Waals surface area contributed by atoms with Crippen LogP contribution in [-0.2, 0) is 0 Å². The maximum Gasteiger partial charge on any atom is 0.135 e. The first-order valence-electron chi connectivity index (χ1n) is 6.31. The predicted octanol–water partition coefficient (Wildman–Crippen LogP) is 4.52. The van der Waals surface area contributed by atoms with Gasteiger partial charge in [-0.15, -0.1) is 0 Å². The lowest BCUT2D eigenvalue weighted by Gasteiger charge is -2.09. The summed E-state index contributed by atoms with van der Waals surface area (Å²) in [6, 6.07) is 7.48. The molecule has 104 valence electrons. The highest BCUT2D eigenvalue weighted by Crippen LogP contribution is 2.39. The van der Waals surface area contributed by atoms with Crippen LogP contribution in [0.3, 0.4) is 0 Å². The lowest BCUT2D eigenvalue weighted by Crippen LogP contribution is -1.99. The number of hydrogen-bond acceptors (Lipinski definition) is 4. The lowest BCUT2D eigenvalue weighted by atomic mass is 10.3. The summed E-state index contributed by atoms with van der Waals surface area (Å²) >= 11 is 9.51. The van der Waals surface area contributed by atoms with E-state index in [4.69, 9.17) is 16.3 Å². The highest BCUT2D eigenvalue weighted by molar-refractivity contribution is 9.10. The summed E-state index contributed by atoms with van der Waals surface area (Å²) in [7, 11) is 1.64. The van der Waals surface area contributed by atoms with E-state index in [1.54, 1.807) is 13.2 Å². The quantitative estimate of drug-likeness (QED) is 0.820. The molecule has 3 rings (SSSR count). The minimum absolute atomic E-state index is 0.469. The normalized spacial score (nSPS) is 14.2. The van der Waals surface area contributed by atoms with Crippen molar-refractivity contribution in [2.45, 2.75) is 18.8 Å². The third-order valence-corrected chi connectivity index (χ3v) is 3.89. The summed E-state index contributed by atoms with van der Waals surface area (Å²) in [6.45, 7) is 0. The van der Waals surface area contributed by atoms with E-state index >= 15 is 0 Å². The number of methoxy groups -OCH3 is 1. The Morgan fingerprint density at radius 3 is 2.75 bits per heavy atom. The molecule has 2 aromatic rings. The molecular formula is C14H13BrClN3O. The van der Waals surface area contributed by atoms with Crippen molar-refractivity contribution in [3.8, 4) is 5.75 Å². The fraction of sp³-hybridized carbons (Fsp3) is 0.286. The second-order valence-electron chi connectivity index (χ2n) is 4.68. The lowest BCUT2D eigenvalue weighted by molar-refractivity contribution is 0.412. The Morgan fingerprint density at radius 1 is 1.30 bits per heavy atom. The van der Waals surface area contributed by atoms with Gasteiger partial charge < -0.3 is 10.1 Å². The number of halogens is 2.